The van der Waals surface area contributed by atoms with Gasteiger partial charge in [-0.05, 0) is 12.8 Å². The van der Waals surface area contributed by atoms with Crippen LogP contribution in [0.5, 0.6) is 0 Å². The zero-order valence-corrected chi connectivity index (χ0v) is 14.1. The monoisotopic (exact) mass is 363 g/mol. The lowest BCUT2D eigenvalue weighted by atomic mass is 9.78. The third kappa shape index (κ3) is 4.90. The van der Waals surface area contributed by atoms with Crippen molar-refractivity contribution in [1.29, 1.82) is 0 Å². The largest absolute Gasteiger partial charge is 0.436 e. The van der Waals surface area contributed by atoms with Gasteiger partial charge in [0.05, 0.1) is 6.20 Å². The van der Waals surface area contributed by atoms with Gasteiger partial charge in [-0.1, -0.05) is 59.3 Å². The van der Waals surface area contributed by atoms with E-state index >= 15 is 0 Å². The maximum absolute atomic E-state index is 5.78. The van der Waals surface area contributed by atoms with Crippen LogP contribution in [0.25, 0.3) is 0 Å². The van der Waals surface area contributed by atoms with Crippen molar-refractivity contribution in [3.8, 4) is 0 Å². The van der Waals surface area contributed by atoms with Gasteiger partial charge in [0.2, 0.25) is 0 Å². The Bertz CT molecular complexity index is 337. The highest BCUT2D eigenvalue weighted by atomic mass is 127. The van der Waals surface area contributed by atoms with Crippen LogP contribution in [-0.2, 0) is 5.41 Å². The standard InChI is InChI=1S/C15H26INO/c1-4-6-8-9-11-15(3,10-7-5-2)13-12-17-14(16)18-13/h12H,4-11H2,1-3H3. The molecule has 0 bridgehead atoms. The molecule has 0 radical (unpaired) electrons. The van der Waals surface area contributed by atoms with Gasteiger partial charge >= 0.3 is 0 Å². The summed E-state index contributed by atoms with van der Waals surface area (Å²) in [6.07, 6.45) is 12.1. The molecule has 1 rings (SSSR count). The molecule has 0 aliphatic carbocycles. The first-order valence-electron chi connectivity index (χ1n) is 7.24. The number of nitrogens with zero attached hydrogens (tertiary/aromatic N) is 1. The predicted molar refractivity (Wildman–Crippen MR) is 84.9 cm³/mol. The normalized spacial score (nSPS) is 14.7. The van der Waals surface area contributed by atoms with E-state index in [4.69, 9.17) is 4.42 Å². The average molecular weight is 363 g/mol. The summed E-state index contributed by atoms with van der Waals surface area (Å²) in [6.45, 7) is 6.85. The second-order valence-corrected chi connectivity index (χ2v) is 6.38. The third-order valence-electron chi connectivity index (χ3n) is 3.74. The van der Waals surface area contributed by atoms with Crippen molar-refractivity contribution in [3.05, 3.63) is 15.9 Å². The first-order chi connectivity index (χ1) is 8.62. The number of hydrogen-bond acceptors (Lipinski definition) is 2. The van der Waals surface area contributed by atoms with Crippen molar-refractivity contribution in [2.75, 3.05) is 0 Å². The highest BCUT2D eigenvalue weighted by Gasteiger charge is 2.29. The van der Waals surface area contributed by atoms with Gasteiger partial charge in [-0.25, -0.2) is 4.98 Å². The van der Waals surface area contributed by atoms with Crippen LogP contribution in [-0.4, -0.2) is 4.98 Å². The van der Waals surface area contributed by atoms with E-state index in [2.05, 4.69) is 48.3 Å². The molecule has 3 heteroatoms. The molecule has 1 aromatic heterocycles. The molecule has 2 nitrogen and oxygen atoms in total. The summed E-state index contributed by atoms with van der Waals surface area (Å²) in [4.78, 5) is 4.26. The summed E-state index contributed by atoms with van der Waals surface area (Å²) in [5.41, 5.74) is 0.181. The van der Waals surface area contributed by atoms with E-state index in [9.17, 15) is 0 Å². The van der Waals surface area contributed by atoms with Gasteiger partial charge in [-0.2, -0.15) is 0 Å². The Hall–Kier alpha value is -0.0600. The van der Waals surface area contributed by atoms with Crippen LogP contribution in [0.3, 0.4) is 0 Å². The fourth-order valence-electron chi connectivity index (χ4n) is 2.41. The van der Waals surface area contributed by atoms with Crippen molar-refractivity contribution >= 4 is 22.6 Å². The van der Waals surface area contributed by atoms with Crippen molar-refractivity contribution in [2.45, 2.75) is 77.6 Å². The topological polar surface area (TPSA) is 26.0 Å². The van der Waals surface area contributed by atoms with Gasteiger partial charge in [0.1, 0.15) is 5.76 Å². The zero-order valence-electron chi connectivity index (χ0n) is 12.0. The van der Waals surface area contributed by atoms with E-state index < -0.39 is 0 Å². The molecule has 0 spiro atoms. The Morgan fingerprint density at radius 3 is 2.33 bits per heavy atom. The van der Waals surface area contributed by atoms with E-state index in [1.807, 2.05) is 6.20 Å². The fraction of sp³-hybridized carbons (Fsp3) is 0.800. The minimum absolute atomic E-state index is 0.181. The average Bonchev–Trinajstić information content (AvgIpc) is 2.80. The van der Waals surface area contributed by atoms with Crippen LogP contribution in [0.4, 0.5) is 0 Å². The van der Waals surface area contributed by atoms with E-state index in [0.717, 1.165) is 9.66 Å². The van der Waals surface area contributed by atoms with Gasteiger partial charge < -0.3 is 4.42 Å². The Kier molecular flexibility index (Phi) is 7.27. The van der Waals surface area contributed by atoms with Gasteiger partial charge in [-0.15, -0.1) is 0 Å². The first kappa shape index (κ1) is 16.0. The summed E-state index contributed by atoms with van der Waals surface area (Å²) in [6, 6.07) is 0. The molecule has 1 heterocycles. The second kappa shape index (κ2) is 8.18. The van der Waals surface area contributed by atoms with Crippen LogP contribution >= 0.6 is 22.6 Å². The number of unbranched alkanes of at least 4 members (excludes halogenated alkanes) is 4. The summed E-state index contributed by atoms with van der Waals surface area (Å²) in [5, 5.41) is 0. The molecule has 0 aromatic carbocycles. The molecule has 0 saturated heterocycles. The maximum Gasteiger partial charge on any atom is 0.257 e. The highest BCUT2D eigenvalue weighted by Crippen LogP contribution is 2.35. The van der Waals surface area contributed by atoms with Gasteiger partial charge in [0, 0.05) is 28.0 Å². The van der Waals surface area contributed by atoms with Crippen LogP contribution in [0.2, 0.25) is 0 Å². The fourth-order valence-corrected chi connectivity index (χ4v) is 2.79. The molecule has 0 aliphatic heterocycles. The molecule has 18 heavy (non-hydrogen) atoms. The first-order valence-corrected chi connectivity index (χ1v) is 8.32. The molecular formula is C15H26INO. The number of aromatic nitrogens is 1. The minimum Gasteiger partial charge on any atom is -0.436 e. The number of hydrogen-bond donors (Lipinski definition) is 0. The molecule has 0 saturated carbocycles. The minimum atomic E-state index is 0.181. The van der Waals surface area contributed by atoms with E-state index in [0.29, 0.717) is 0 Å². The quantitative estimate of drug-likeness (QED) is 0.416. The zero-order chi connectivity index (χ0) is 13.4. The molecule has 104 valence electrons. The van der Waals surface area contributed by atoms with Crippen molar-refractivity contribution in [2.24, 2.45) is 0 Å². The Morgan fingerprint density at radius 1 is 1.11 bits per heavy atom. The Morgan fingerprint density at radius 2 is 1.78 bits per heavy atom. The maximum atomic E-state index is 5.78. The van der Waals surface area contributed by atoms with Crippen molar-refractivity contribution < 1.29 is 4.42 Å². The lowest BCUT2D eigenvalue weighted by Gasteiger charge is -2.27. The summed E-state index contributed by atoms with van der Waals surface area (Å²) in [7, 11) is 0. The second-order valence-electron chi connectivity index (χ2n) is 5.45. The lowest BCUT2D eigenvalue weighted by Crippen LogP contribution is -2.21. The van der Waals surface area contributed by atoms with Crippen LogP contribution in [0.15, 0.2) is 10.6 Å². The smallest absolute Gasteiger partial charge is 0.257 e. The third-order valence-corrected chi connectivity index (χ3v) is 4.24. The molecule has 1 unspecified atom stereocenters. The summed E-state index contributed by atoms with van der Waals surface area (Å²) < 4.78 is 6.54. The van der Waals surface area contributed by atoms with Crippen molar-refractivity contribution in [3.63, 3.8) is 0 Å². The summed E-state index contributed by atoms with van der Waals surface area (Å²) >= 11 is 2.15. The molecule has 1 aromatic rings. The Balaban J connectivity index is 2.62. The van der Waals surface area contributed by atoms with Gasteiger partial charge in [0.25, 0.3) is 3.90 Å². The number of halogens is 1. The molecule has 1 atom stereocenters. The van der Waals surface area contributed by atoms with Crippen LogP contribution in [0.1, 0.15) is 77.9 Å². The number of oxazole rings is 1. The molecular weight excluding hydrogens is 337 g/mol. The molecule has 0 amide bonds. The SMILES string of the molecule is CCCCCCC(C)(CCCC)c1cnc(I)o1. The summed E-state index contributed by atoms with van der Waals surface area (Å²) in [5.74, 6) is 1.08. The molecule has 0 fully saturated rings. The van der Waals surface area contributed by atoms with Crippen LogP contribution in [0, 0.1) is 3.90 Å². The lowest BCUT2D eigenvalue weighted by molar-refractivity contribution is 0.295. The Labute approximate surface area is 125 Å². The van der Waals surface area contributed by atoms with Gasteiger partial charge in [-0.3, -0.25) is 0 Å². The number of rotatable bonds is 9. The highest BCUT2D eigenvalue weighted by molar-refractivity contribution is 14.1. The van der Waals surface area contributed by atoms with E-state index in [-0.39, 0.29) is 5.41 Å². The predicted octanol–water partition coefficient (Wildman–Crippen LogP) is 5.70. The van der Waals surface area contributed by atoms with Crippen LogP contribution < -0.4 is 0 Å². The molecule has 0 aliphatic rings. The van der Waals surface area contributed by atoms with Gasteiger partial charge in [0.15, 0.2) is 0 Å². The molecule has 0 N–H and O–H groups in total. The van der Waals surface area contributed by atoms with E-state index in [1.54, 1.807) is 0 Å². The van der Waals surface area contributed by atoms with E-state index in [1.165, 1.54) is 51.4 Å². The van der Waals surface area contributed by atoms with Crippen molar-refractivity contribution in [1.82, 2.24) is 4.98 Å².